The summed E-state index contributed by atoms with van der Waals surface area (Å²) >= 11 is 0. The zero-order valence-corrected chi connectivity index (χ0v) is 8.65. The second kappa shape index (κ2) is 3.69. The Balaban J connectivity index is 2.46. The average molecular weight is 201 g/mol. The van der Waals surface area contributed by atoms with Crippen LogP contribution in [-0.2, 0) is 0 Å². The maximum Gasteiger partial charge on any atom is 0.202 e. The summed E-state index contributed by atoms with van der Waals surface area (Å²) in [5, 5.41) is 3.87. The first-order valence-electron chi connectivity index (χ1n) is 4.72. The molecular weight excluding hydrogens is 190 g/mol. The number of carbonyl (C=O) groups excluding carboxylic acids is 1. The first-order chi connectivity index (χ1) is 7.18. The van der Waals surface area contributed by atoms with Gasteiger partial charge in [0.15, 0.2) is 5.78 Å². The molecule has 0 atom stereocenters. The Morgan fingerprint density at radius 3 is 2.67 bits per heavy atom. The van der Waals surface area contributed by atoms with E-state index in [2.05, 4.69) is 5.16 Å². The molecule has 0 amide bonds. The number of Topliss-reactive ketones (excluding diaryl/α,β-unsaturated/α-hetero) is 1. The van der Waals surface area contributed by atoms with Crippen LogP contribution in [0.5, 0.6) is 0 Å². The lowest BCUT2D eigenvalue weighted by molar-refractivity contribution is 0.0978. The zero-order chi connectivity index (χ0) is 10.8. The van der Waals surface area contributed by atoms with E-state index in [0.29, 0.717) is 11.5 Å². The lowest BCUT2D eigenvalue weighted by Gasteiger charge is -1.98. The molecule has 15 heavy (non-hydrogen) atoms. The van der Waals surface area contributed by atoms with Crippen LogP contribution in [0, 0.1) is 6.92 Å². The smallest absolute Gasteiger partial charge is 0.202 e. The molecule has 1 aromatic heterocycles. The van der Waals surface area contributed by atoms with E-state index >= 15 is 0 Å². The van der Waals surface area contributed by atoms with E-state index < -0.39 is 0 Å². The quantitative estimate of drug-likeness (QED) is 0.701. The monoisotopic (exact) mass is 201 g/mol. The van der Waals surface area contributed by atoms with Crippen molar-refractivity contribution in [3.8, 4) is 11.3 Å². The Bertz CT molecular complexity index is 500. The zero-order valence-electron chi connectivity index (χ0n) is 8.65. The molecule has 1 heterocycles. The summed E-state index contributed by atoms with van der Waals surface area (Å²) in [4.78, 5) is 11.0. The fourth-order valence-electron chi connectivity index (χ4n) is 1.43. The van der Waals surface area contributed by atoms with E-state index in [9.17, 15) is 4.79 Å². The van der Waals surface area contributed by atoms with Crippen LogP contribution in [0.25, 0.3) is 11.3 Å². The number of ketones is 1. The Morgan fingerprint density at radius 2 is 2.07 bits per heavy atom. The van der Waals surface area contributed by atoms with Crippen LogP contribution in [-0.4, -0.2) is 10.9 Å². The molecule has 0 aliphatic carbocycles. The fourth-order valence-corrected chi connectivity index (χ4v) is 1.43. The summed E-state index contributed by atoms with van der Waals surface area (Å²) in [6, 6.07) is 9.52. The number of rotatable bonds is 2. The van der Waals surface area contributed by atoms with Gasteiger partial charge in [-0.1, -0.05) is 29.4 Å². The molecule has 2 rings (SSSR count). The van der Waals surface area contributed by atoms with Gasteiger partial charge in [0.25, 0.3) is 0 Å². The summed E-state index contributed by atoms with van der Waals surface area (Å²) in [7, 11) is 0. The summed E-state index contributed by atoms with van der Waals surface area (Å²) < 4.78 is 4.94. The molecule has 0 saturated carbocycles. The molecule has 0 spiro atoms. The number of aromatic nitrogens is 1. The van der Waals surface area contributed by atoms with Gasteiger partial charge in [0.2, 0.25) is 5.76 Å². The second-order valence-electron chi connectivity index (χ2n) is 3.45. The number of nitrogens with zero attached hydrogens (tertiary/aromatic N) is 1. The van der Waals surface area contributed by atoms with Crippen molar-refractivity contribution in [2.45, 2.75) is 13.8 Å². The average Bonchev–Trinajstić information content (AvgIpc) is 2.67. The molecule has 0 bridgehead atoms. The van der Waals surface area contributed by atoms with Gasteiger partial charge in [-0.15, -0.1) is 0 Å². The van der Waals surface area contributed by atoms with Gasteiger partial charge < -0.3 is 4.52 Å². The van der Waals surface area contributed by atoms with Gasteiger partial charge in [-0.3, -0.25) is 4.79 Å². The molecule has 0 fully saturated rings. The Hall–Kier alpha value is -1.90. The maximum absolute atomic E-state index is 11.0. The van der Waals surface area contributed by atoms with Crippen molar-refractivity contribution < 1.29 is 9.32 Å². The van der Waals surface area contributed by atoms with Crippen LogP contribution >= 0.6 is 0 Å². The van der Waals surface area contributed by atoms with Gasteiger partial charge in [-0.05, 0) is 12.5 Å². The van der Waals surface area contributed by atoms with Gasteiger partial charge >= 0.3 is 0 Å². The number of hydrogen-bond acceptors (Lipinski definition) is 3. The van der Waals surface area contributed by atoms with E-state index in [1.807, 2.05) is 31.2 Å². The summed E-state index contributed by atoms with van der Waals surface area (Å²) in [5.74, 6) is 0.190. The Morgan fingerprint density at radius 1 is 1.33 bits per heavy atom. The standard InChI is InChI=1S/C12H11NO2/c1-8-5-3-4-6-10(8)11-7-12(9(2)14)15-13-11/h3-7H,1-2H3. The maximum atomic E-state index is 11.0. The van der Waals surface area contributed by atoms with Crippen LogP contribution in [0.1, 0.15) is 23.0 Å². The fraction of sp³-hybridized carbons (Fsp3) is 0.167. The van der Waals surface area contributed by atoms with Crippen molar-refractivity contribution in [1.82, 2.24) is 5.16 Å². The first-order valence-corrected chi connectivity index (χ1v) is 4.72. The topological polar surface area (TPSA) is 43.1 Å². The van der Waals surface area contributed by atoms with Gasteiger partial charge in [0.05, 0.1) is 0 Å². The van der Waals surface area contributed by atoms with Crippen LogP contribution in [0.3, 0.4) is 0 Å². The molecule has 3 nitrogen and oxygen atoms in total. The van der Waals surface area contributed by atoms with Crippen LogP contribution in [0.4, 0.5) is 0 Å². The molecule has 0 aliphatic heterocycles. The predicted octanol–water partition coefficient (Wildman–Crippen LogP) is 2.85. The van der Waals surface area contributed by atoms with E-state index in [1.165, 1.54) is 6.92 Å². The van der Waals surface area contributed by atoms with Crippen molar-refractivity contribution in [3.05, 3.63) is 41.7 Å². The summed E-state index contributed by atoms with van der Waals surface area (Å²) in [6.45, 7) is 3.46. The molecule has 76 valence electrons. The molecule has 0 unspecified atom stereocenters. The normalized spacial score (nSPS) is 10.3. The summed E-state index contributed by atoms with van der Waals surface area (Å²) in [5.41, 5.74) is 2.81. The highest BCUT2D eigenvalue weighted by Gasteiger charge is 2.10. The molecule has 3 heteroatoms. The van der Waals surface area contributed by atoms with E-state index in [0.717, 1.165) is 11.1 Å². The number of aryl methyl sites for hydroxylation is 1. The van der Waals surface area contributed by atoms with Crippen molar-refractivity contribution in [1.29, 1.82) is 0 Å². The van der Waals surface area contributed by atoms with Gasteiger partial charge in [-0.2, -0.15) is 0 Å². The van der Waals surface area contributed by atoms with Crippen molar-refractivity contribution in [3.63, 3.8) is 0 Å². The molecule has 2 aromatic rings. The largest absolute Gasteiger partial charge is 0.353 e. The second-order valence-corrected chi connectivity index (χ2v) is 3.45. The van der Waals surface area contributed by atoms with Crippen molar-refractivity contribution in [2.75, 3.05) is 0 Å². The molecule has 1 aromatic carbocycles. The number of hydrogen-bond donors (Lipinski definition) is 0. The first kappa shape index (κ1) is 9.65. The molecule has 0 aliphatic rings. The molecular formula is C12H11NO2. The Labute approximate surface area is 87.7 Å². The van der Waals surface area contributed by atoms with Gasteiger partial charge in [-0.25, -0.2) is 0 Å². The third kappa shape index (κ3) is 1.81. The minimum atomic E-state index is -0.109. The van der Waals surface area contributed by atoms with Gasteiger partial charge in [0, 0.05) is 18.6 Å². The van der Waals surface area contributed by atoms with Crippen molar-refractivity contribution in [2.24, 2.45) is 0 Å². The van der Waals surface area contributed by atoms with Crippen LogP contribution in [0.15, 0.2) is 34.9 Å². The lowest BCUT2D eigenvalue weighted by Crippen LogP contribution is -1.86. The third-order valence-corrected chi connectivity index (χ3v) is 2.28. The summed E-state index contributed by atoms with van der Waals surface area (Å²) in [6.07, 6.45) is 0. The lowest BCUT2D eigenvalue weighted by atomic mass is 10.1. The third-order valence-electron chi connectivity index (χ3n) is 2.28. The minimum absolute atomic E-state index is 0.109. The molecule has 0 N–H and O–H groups in total. The molecule has 0 saturated heterocycles. The number of benzene rings is 1. The minimum Gasteiger partial charge on any atom is -0.353 e. The van der Waals surface area contributed by atoms with Gasteiger partial charge in [0.1, 0.15) is 5.69 Å². The van der Waals surface area contributed by atoms with E-state index in [-0.39, 0.29) is 5.78 Å². The molecule has 0 radical (unpaired) electrons. The van der Waals surface area contributed by atoms with Crippen LogP contribution < -0.4 is 0 Å². The number of carbonyl (C=O) groups is 1. The van der Waals surface area contributed by atoms with E-state index in [4.69, 9.17) is 4.52 Å². The van der Waals surface area contributed by atoms with Crippen molar-refractivity contribution >= 4 is 5.78 Å². The Kier molecular flexibility index (Phi) is 2.37. The highest BCUT2D eigenvalue weighted by molar-refractivity contribution is 5.92. The predicted molar refractivity (Wildman–Crippen MR) is 56.7 cm³/mol. The SMILES string of the molecule is CC(=O)c1cc(-c2ccccc2C)no1. The highest BCUT2D eigenvalue weighted by Crippen LogP contribution is 2.22. The highest BCUT2D eigenvalue weighted by atomic mass is 16.5. The van der Waals surface area contributed by atoms with E-state index in [1.54, 1.807) is 6.07 Å². The van der Waals surface area contributed by atoms with Crippen LogP contribution in [0.2, 0.25) is 0 Å².